The zero-order chi connectivity index (χ0) is 13.6. The molecule has 0 bridgehead atoms. The maximum absolute atomic E-state index is 10.9. The summed E-state index contributed by atoms with van der Waals surface area (Å²) in [6.07, 6.45) is 2.07. The van der Waals surface area contributed by atoms with E-state index in [1.807, 2.05) is 24.3 Å². The molecule has 0 saturated heterocycles. The summed E-state index contributed by atoms with van der Waals surface area (Å²) in [5.74, 6) is 0. The maximum atomic E-state index is 10.9. The van der Waals surface area contributed by atoms with Crippen LogP contribution in [0.1, 0.15) is 24.9 Å². The maximum Gasteiger partial charge on any atom is 0.208 e. The van der Waals surface area contributed by atoms with Crippen molar-refractivity contribution in [3.63, 3.8) is 0 Å². The molecule has 6 heteroatoms. The summed E-state index contributed by atoms with van der Waals surface area (Å²) < 4.78 is 24.3. The highest BCUT2D eigenvalue weighted by Gasteiger charge is 2.08. The SMILES string of the molecule is CCC(NCCNS(C)(=O)=O)c1cccc(Cl)c1. The Bertz CT molecular complexity index is 477. The van der Waals surface area contributed by atoms with Crippen LogP contribution >= 0.6 is 11.6 Å². The molecule has 2 N–H and O–H groups in total. The second-order valence-corrected chi connectivity index (χ2v) is 6.41. The molecule has 0 radical (unpaired) electrons. The van der Waals surface area contributed by atoms with Gasteiger partial charge in [-0.3, -0.25) is 0 Å². The molecule has 102 valence electrons. The summed E-state index contributed by atoms with van der Waals surface area (Å²) in [7, 11) is -3.11. The summed E-state index contributed by atoms with van der Waals surface area (Å²) >= 11 is 5.95. The van der Waals surface area contributed by atoms with E-state index < -0.39 is 10.0 Å². The Morgan fingerprint density at radius 3 is 2.61 bits per heavy atom. The summed E-state index contributed by atoms with van der Waals surface area (Å²) in [6.45, 7) is 3.04. The Kier molecular flexibility index (Phi) is 6.08. The van der Waals surface area contributed by atoms with Gasteiger partial charge in [-0.1, -0.05) is 30.7 Å². The first-order valence-electron chi connectivity index (χ1n) is 5.86. The number of rotatable bonds is 7. The lowest BCUT2D eigenvalue weighted by atomic mass is 10.0. The zero-order valence-corrected chi connectivity index (χ0v) is 12.2. The van der Waals surface area contributed by atoms with Crippen LogP contribution in [0.25, 0.3) is 0 Å². The zero-order valence-electron chi connectivity index (χ0n) is 10.6. The van der Waals surface area contributed by atoms with Crippen LogP contribution < -0.4 is 10.0 Å². The van der Waals surface area contributed by atoms with Gasteiger partial charge in [0.25, 0.3) is 0 Å². The van der Waals surface area contributed by atoms with Crippen molar-refractivity contribution in [2.24, 2.45) is 0 Å². The predicted octanol–water partition coefficient (Wildman–Crippen LogP) is 1.93. The fourth-order valence-corrected chi connectivity index (χ4v) is 2.38. The van der Waals surface area contributed by atoms with Crippen molar-refractivity contribution >= 4 is 21.6 Å². The minimum absolute atomic E-state index is 0.185. The molecule has 0 fully saturated rings. The van der Waals surface area contributed by atoms with Gasteiger partial charge in [-0.2, -0.15) is 0 Å². The Labute approximate surface area is 114 Å². The molecular formula is C12H19ClN2O2S. The summed E-state index contributed by atoms with van der Waals surface area (Å²) in [5.41, 5.74) is 1.12. The average molecular weight is 291 g/mol. The first kappa shape index (κ1) is 15.4. The van der Waals surface area contributed by atoms with E-state index in [2.05, 4.69) is 17.0 Å². The lowest BCUT2D eigenvalue weighted by molar-refractivity contribution is 0.516. The third kappa shape index (κ3) is 5.82. The van der Waals surface area contributed by atoms with Crippen molar-refractivity contribution < 1.29 is 8.42 Å². The molecule has 1 aromatic rings. The van der Waals surface area contributed by atoms with Crippen LogP contribution in [-0.2, 0) is 10.0 Å². The first-order chi connectivity index (χ1) is 8.42. The normalized spacial score (nSPS) is 13.5. The van der Waals surface area contributed by atoms with Gasteiger partial charge in [0.2, 0.25) is 10.0 Å². The standard InChI is InChI=1S/C12H19ClN2O2S/c1-3-12(10-5-4-6-11(13)9-10)14-7-8-15-18(2,16)17/h4-6,9,12,14-15H,3,7-8H2,1-2H3. The molecular weight excluding hydrogens is 272 g/mol. The minimum atomic E-state index is -3.11. The largest absolute Gasteiger partial charge is 0.309 e. The van der Waals surface area contributed by atoms with E-state index in [1.54, 1.807) is 0 Å². The minimum Gasteiger partial charge on any atom is -0.309 e. The smallest absolute Gasteiger partial charge is 0.208 e. The van der Waals surface area contributed by atoms with Crippen LogP contribution in [0.15, 0.2) is 24.3 Å². The van der Waals surface area contributed by atoms with E-state index in [4.69, 9.17) is 11.6 Å². The number of sulfonamides is 1. The van der Waals surface area contributed by atoms with Crippen molar-refractivity contribution in [3.05, 3.63) is 34.9 Å². The van der Waals surface area contributed by atoms with Gasteiger partial charge < -0.3 is 5.32 Å². The molecule has 1 aromatic carbocycles. The molecule has 0 spiro atoms. The molecule has 0 aliphatic rings. The van der Waals surface area contributed by atoms with Crippen LogP contribution in [0, 0.1) is 0 Å². The fraction of sp³-hybridized carbons (Fsp3) is 0.500. The lowest BCUT2D eigenvalue weighted by Crippen LogP contribution is -2.32. The molecule has 0 heterocycles. The van der Waals surface area contributed by atoms with Crippen LogP contribution in [-0.4, -0.2) is 27.8 Å². The molecule has 4 nitrogen and oxygen atoms in total. The molecule has 1 unspecified atom stereocenters. The quantitative estimate of drug-likeness (QED) is 0.755. The van der Waals surface area contributed by atoms with E-state index in [0.717, 1.165) is 18.2 Å². The van der Waals surface area contributed by atoms with Crippen molar-refractivity contribution in [1.82, 2.24) is 10.0 Å². The molecule has 0 saturated carbocycles. The Morgan fingerprint density at radius 2 is 2.06 bits per heavy atom. The number of benzene rings is 1. The van der Waals surface area contributed by atoms with Gasteiger partial charge in [0.05, 0.1) is 6.26 Å². The number of nitrogens with one attached hydrogen (secondary N) is 2. The van der Waals surface area contributed by atoms with Crippen molar-refractivity contribution in [2.45, 2.75) is 19.4 Å². The van der Waals surface area contributed by atoms with Gasteiger partial charge in [0.15, 0.2) is 0 Å². The second-order valence-electron chi connectivity index (χ2n) is 4.14. The van der Waals surface area contributed by atoms with Crippen molar-refractivity contribution in [1.29, 1.82) is 0 Å². The Balaban J connectivity index is 2.48. The van der Waals surface area contributed by atoms with E-state index >= 15 is 0 Å². The topological polar surface area (TPSA) is 58.2 Å². The van der Waals surface area contributed by atoms with E-state index in [0.29, 0.717) is 18.1 Å². The van der Waals surface area contributed by atoms with Crippen molar-refractivity contribution in [2.75, 3.05) is 19.3 Å². The molecule has 1 rings (SSSR count). The highest BCUT2D eigenvalue weighted by atomic mass is 35.5. The monoisotopic (exact) mass is 290 g/mol. The van der Waals surface area contributed by atoms with Gasteiger partial charge in [-0.05, 0) is 24.1 Å². The molecule has 0 aromatic heterocycles. The third-order valence-electron chi connectivity index (χ3n) is 2.54. The summed E-state index contributed by atoms with van der Waals surface area (Å²) in [4.78, 5) is 0. The molecule has 0 aliphatic heterocycles. The fourth-order valence-electron chi connectivity index (χ4n) is 1.70. The van der Waals surface area contributed by atoms with Crippen LogP contribution in [0.5, 0.6) is 0 Å². The lowest BCUT2D eigenvalue weighted by Gasteiger charge is -2.17. The number of hydrogen-bond acceptors (Lipinski definition) is 3. The first-order valence-corrected chi connectivity index (χ1v) is 8.13. The average Bonchev–Trinajstić information content (AvgIpc) is 2.27. The summed E-state index contributed by atoms with van der Waals surface area (Å²) in [5, 5.41) is 4.01. The molecule has 1 atom stereocenters. The van der Waals surface area contributed by atoms with E-state index in [1.165, 1.54) is 0 Å². The van der Waals surface area contributed by atoms with E-state index in [-0.39, 0.29) is 6.04 Å². The highest BCUT2D eigenvalue weighted by molar-refractivity contribution is 7.88. The van der Waals surface area contributed by atoms with Gasteiger partial charge in [0, 0.05) is 24.2 Å². The number of halogens is 1. The second kappa shape index (κ2) is 7.09. The van der Waals surface area contributed by atoms with Gasteiger partial charge in [-0.25, -0.2) is 13.1 Å². The van der Waals surface area contributed by atoms with Crippen molar-refractivity contribution in [3.8, 4) is 0 Å². The molecule has 0 aliphatic carbocycles. The van der Waals surface area contributed by atoms with Gasteiger partial charge in [0.1, 0.15) is 0 Å². The highest BCUT2D eigenvalue weighted by Crippen LogP contribution is 2.19. The van der Waals surface area contributed by atoms with E-state index in [9.17, 15) is 8.42 Å². The van der Waals surface area contributed by atoms with Gasteiger partial charge in [-0.15, -0.1) is 0 Å². The third-order valence-corrected chi connectivity index (χ3v) is 3.50. The summed E-state index contributed by atoms with van der Waals surface area (Å²) in [6, 6.07) is 7.87. The van der Waals surface area contributed by atoms with Crippen LogP contribution in [0.3, 0.4) is 0 Å². The Morgan fingerprint density at radius 1 is 1.33 bits per heavy atom. The molecule has 18 heavy (non-hydrogen) atoms. The van der Waals surface area contributed by atoms with Gasteiger partial charge >= 0.3 is 0 Å². The predicted molar refractivity (Wildman–Crippen MR) is 75.3 cm³/mol. The number of hydrogen-bond donors (Lipinski definition) is 2. The Hall–Kier alpha value is -0.620. The van der Waals surface area contributed by atoms with Crippen LogP contribution in [0.4, 0.5) is 0 Å². The van der Waals surface area contributed by atoms with Crippen LogP contribution in [0.2, 0.25) is 5.02 Å². The molecule has 0 amide bonds.